The molecule has 5 atom stereocenters. The van der Waals surface area contributed by atoms with Gasteiger partial charge in [0.05, 0.1) is 24.4 Å². The van der Waals surface area contributed by atoms with Crippen LogP contribution in [0.25, 0.3) is 0 Å². The summed E-state index contributed by atoms with van der Waals surface area (Å²) in [7, 11) is 2.13. The van der Waals surface area contributed by atoms with Crippen LogP contribution in [0.3, 0.4) is 0 Å². The van der Waals surface area contributed by atoms with Gasteiger partial charge >= 0.3 is 0 Å². The second-order valence-corrected chi connectivity index (χ2v) is 10.7. The molecule has 7 heteroatoms. The van der Waals surface area contributed by atoms with Crippen LogP contribution in [0.2, 0.25) is 0 Å². The number of carbonyl (C=O) groups excluding carboxylic acids is 1. The predicted octanol–water partition coefficient (Wildman–Crippen LogP) is 6.31. The van der Waals surface area contributed by atoms with Crippen LogP contribution in [0, 0.1) is 5.92 Å². The van der Waals surface area contributed by atoms with E-state index in [2.05, 4.69) is 60.4 Å². The van der Waals surface area contributed by atoms with E-state index in [0.29, 0.717) is 11.3 Å². The van der Waals surface area contributed by atoms with Crippen molar-refractivity contribution in [3.8, 4) is 0 Å². The van der Waals surface area contributed by atoms with E-state index in [1.165, 1.54) is 11.8 Å². The normalized spacial score (nSPS) is 21.4. The first-order valence-electron chi connectivity index (χ1n) is 14.0. The van der Waals surface area contributed by atoms with E-state index in [4.69, 9.17) is 9.47 Å². The summed E-state index contributed by atoms with van der Waals surface area (Å²) in [4.78, 5) is 18.9. The van der Waals surface area contributed by atoms with Crippen LogP contribution >= 0.6 is 0 Å². The van der Waals surface area contributed by atoms with Gasteiger partial charge in [-0.3, -0.25) is 14.7 Å². The minimum Gasteiger partial charge on any atom is -0.392 e. The third-order valence-corrected chi connectivity index (χ3v) is 7.90. The lowest BCUT2D eigenvalue weighted by molar-refractivity contribution is -0.276. The fourth-order valence-electron chi connectivity index (χ4n) is 5.18. The summed E-state index contributed by atoms with van der Waals surface area (Å²) in [6, 6.07) is 29.7. The summed E-state index contributed by atoms with van der Waals surface area (Å²) in [5.41, 5.74) is 5.21. The number of aliphatic hydroxyl groups excluding tert-OH is 1. The number of aromatic nitrogens is 1. The third-order valence-electron chi connectivity index (χ3n) is 7.90. The molecule has 0 radical (unpaired) electrons. The van der Waals surface area contributed by atoms with Crippen LogP contribution in [-0.4, -0.2) is 40.6 Å². The van der Waals surface area contributed by atoms with Gasteiger partial charge in [-0.05, 0) is 54.9 Å². The number of hydrogen-bond acceptors (Lipinski definition) is 6. The summed E-state index contributed by atoms with van der Waals surface area (Å²) in [6.45, 7) is 5.10. The summed E-state index contributed by atoms with van der Waals surface area (Å²) in [5.74, 6) is -0.137. The molecule has 2 N–H and O–H groups in total. The maximum absolute atomic E-state index is 12.6. The SMILES string of the molecule is C[C@@H]1[C@H](CN(C)[C@@H](C)c2ccccc2)O[C@H](c2ccc(NC(=O)c3cccnc3)cc2)O[C@@H]1c1ccc(CO)cc1. The number of anilines is 1. The molecule has 7 nitrogen and oxygen atoms in total. The van der Waals surface area contributed by atoms with Crippen molar-refractivity contribution in [3.63, 3.8) is 0 Å². The Labute approximate surface area is 241 Å². The first-order valence-corrected chi connectivity index (χ1v) is 14.0. The highest BCUT2D eigenvalue weighted by Crippen LogP contribution is 2.42. The molecule has 1 aliphatic heterocycles. The van der Waals surface area contributed by atoms with Gasteiger partial charge in [-0.15, -0.1) is 0 Å². The Morgan fingerprint density at radius 3 is 2.32 bits per heavy atom. The van der Waals surface area contributed by atoms with Crippen molar-refractivity contribution in [3.05, 3.63) is 131 Å². The van der Waals surface area contributed by atoms with E-state index in [0.717, 1.165) is 23.2 Å². The fraction of sp³-hybridized carbons (Fsp3) is 0.294. The number of likely N-dealkylation sites (N-methyl/N-ethyl adjacent to an activating group) is 1. The Bertz CT molecular complexity index is 1400. The van der Waals surface area contributed by atoms with Crippen molar-refractivity contribution in [1.82, 2.24) is 9.88 Å². The maximum Gasteiger partial charge on any atom is 0.257 e. The third kappa shape index (κ3) is 6.89. The molecule has 1 fully saturated rings. The number of benzene rings is 3. The molecule has 5 rings (SSSR count). The number of nitrogens with zero attached hydrogens (tertiary/aromatic N) is 2. The van der Waals surface area contributed by atoms with Gasteiger partial charge in [0.25, 0.3) is 5.91 Å². The molecule has 1 amide bonds. The lowest BCUT2D eigenvalue weighted by Gasteiger charge is -2.43. The Hall–Kier alpha value is -3.88. The molecule has 0 unspecified atom stereocenters. The molecule has 0 bridgehead atoms. The largest absolute Gasteiger partial charge is 0.392 e. The van der Waals surface area contributed by atoms with Crippen LogP contribution in [0.4, 0.5) is 5.69 Å². The zero-order valence-electron chi connectivity index (χ0n) is 23.7. The molecule has 1 saturated heterocycles. The predicted molar refractivity (Wildman–Crippen MR) is 159 cm³/mol. The summed E-state index contributed by atoms with van der Waals surface area (Å²) in [5, 5.41) is 12.4. The summed E-state index contributed by atoms with van der Waals surface area (Å²) >= 11 is 0. The Morgan fingerprint density at radius 2 is 1.66 bits per heavy atom. The van der Waals surface area contributed by atoms with Gasteiger partial charge < -0.3 is 19.9 Å². The number of hydrogen-bond donors (Lipinski definition) is 2. The average Bonchev–Trinajstić information content (AvgIpc) is 3.03. The average molecular weight is 552 g/mol. The minimum absolute atomic E-state index is 0.00155. The smallest absolute Gasteiger partial charge is 0.257 e. The van der Waals surface area contributed by atoms with Gasteiger partial charge in [0.15, 0.2) is 6.29 Å². The maximum atomic E-state index is 12.6. The molecule has 0 aliphatic carbocycles. The number of carbonyl (C=O) groups is 1. The zero-order chi connectivity index (χ0) is 28.8. The highest BCUT2D eigenvalue weighted by atomic mass is 16.7. The van der Waals surface area contributed by atoms with E-state index in [1.54, 1.807) is 18.3 Å². The molecule has 3 aromatic carbocycles. The first kappa shape index (κ1) is 28.6. The van der Waals surface area contributed by atoms with Gasteiger partial charge in [-0.2, -0.15) is 0 Å². The molecular formula is C34H37N3O4. The van der Waals surface area contributed by atoms with Gasteiger partial charge in [-0.1, -0.05) is 73.7 Å². The lowest BCUT2D eigenvalue weighted by Crippen LogP contribution is -2.44. The number of aliphatic hydroxyl groups is 1. The first-order chi connectivity index (χ1) is 19.9. The van der Waals surface area contributed by atoms with Crippen molar-refractivity contribution in [2.45, 2.75) is 45.0 Å². The minimum atomic E-state index is -0.581. The second-order valence-electron chi connectivity index (χ2n) is 10.7. The van der Waals surface area contributed by atoms with Crippen LogP contribution in [0.5, 0.6) is 0 Å². The van der Waals surface area contributed by atoms with E-state index < -0.39 is 6.29 Å². The lowest BCUT2D eigenvalue weighted by atomic mass is 9.89. The number of rotatable bonds is 9. The zero-order valence-corrected chi connectivity index (χ0v) is 23.7. The number of pyridine rings is 1. The molecule has 0 saturated carbocycles. The van der Waals surface area contributed by atoms with Crippen LogP contribution in [0.15, 0.2) is 103 Å². The number of ether oxygens (including phenoxy) is 2. The molecule has 212 valence electrons. The van der Waals surface area contributed by atoms with Crippen molar-refractivity contribution < 1.29 is 19.4 Å². The highest BCUT2D eigenvalue weighted by Gasteiger charge is 2.39. The monoisotopic (exact) mass is 551 g/mol. The molecule has 2 heterocycles. The standard InChI is InChI=1S/C34H37N3O4/c1-23-31(21-37(3)24(2)26-8-5-4-6-9-26)40-34(41-32(23)27-13-11-25(22-38)12-14-27)28-15-17-30(18-16-28)36-33(39)29-10-7-19-35-20-29/h4-20,23-24,31-32,34,38H,21-22H2,1-3H3,(H,36,39)/t23-,24+,31+,32+,34+/m1/s1. The van der Waals surface area contributed by atoms with Gasteiger partial charge in [0, 0.05) is 42.1 Å². The van der Waals surface area contributed by atoms with Crippen molar-refractivity contribution >= 4 is 11.6 Å². The second kappa shape index (κ2) is 13.2. The van der Waals surface area contributed by atoms with E-state index in [9.17, 15) is 9.90 Å². The molecule has 1 aromatic heterocycles. The van der Waals surface area contributed by atoms with Crippen LogP contribution < -0.4 is 5.32 Å². The molecular weight excluding hydrogens is 514 g/mol. The quantitative estimate of drug-likeness (QED) is 0.254. The topological polar surface area (TPSA) is 83.9 Å². The molecule has 4 aromatic rings. The van der Waals surface area contributed by atoms with Crippen molar-refractivity contribution in [2.24, 2.45) is 5.92 Å². The molecule has 1 aliphatic rings. The van der Waals surface area contributed by atoms with Crippen molar-refractivity contribution in [1.29, 1.82) is 0 Å². The Balaban J connectivity index is 1.36. The molecule has 41 heavy (non-hydrogen) atoms. The summed E-state index contributed by atoms with van der Waals surface area (Å²) < 4.78 is 13.2. The fourth-order valence-corrected chi connectivity index (χ4v) is 5.18. The van der Waals surface area contributed by atoms with Gasteiger partial charge in [0.1, 0.15) is 0 Å². The summed E-state index contributed by atoms with van der Waals surface area (Å²) in [6.07, 6.45) is 2.30. The highest BCUT2D eigenvalue weighted by molar-refractivity contribution is 6.04. The Morgan fingerprint density at radius 1 is 0.951 bits per heavy atom. The van der Waals surface area contributed by atoms with E-state index in [-0.39, 0.29) is 36.7 Å². The van der Waals surface area contributed by atoms with Crippen LogP contribution in [-0.2, 0) is 16.1 Å². The van der Waals surface area contributed by atoms with E-state index >= 15 is 0 Å². The van der Waals surface area contributed by atoms with E-state index in [1.807, 2.05) is 54.6 Å². The van der Waals surface area contributed by atoms with Crippen LogP contribution in [0.1, 0.15) is 64.9 Å². The Kier molecular flexibility index (Phi) is 9.21. The van der Waals surface area contributed by atoms with Gasteiger partial charge in [0.2, 0.25) is 0 Å². The molecule has 0 spiro atoms. The van der Waals surface area contributed by atoms with Gasteiger partial charge in [-0.25, -0.2) is 0 Å². The number of nitrogens with one attached hydrogen (secondary N) is 1. The number of amides is 1. The van der Waals surface area contributed by atoms with Crippen molar-refractivity contribution in [2.75, 3.05) is 18.9 Å².